The highest BCUT2D eigenvalue weighted by Gasteiger charge is 2.10. The van der Waals surface area contributed by atoms with Crippen molar-refractivity contribution in [1.29, 1.82) is 0 Å². The first-order chi connectivity index (χ1) is 18.0. The van der Waals surface area contributed by atoms with Crippen LogP contribution in [0.5, 0.6) is 5.75 Å². The molecule has 2 aromatic rings. The smallest absolute Gasteiger partial charge is 0.341 e. The average molecular weight is 521 g/mol. The van der Waals surface area contributed by atoms with Crippen LogP contribution >= 0.6 is 11.8 Å². The van der Waals surface area contributed by atoms with E-state index in [2.05, 4.69) is 51.7 Å². The summed E-state index contributed by atoms with van der Waals surface area (Å²) in [4.78, 5) is 17.5. The van der Waals surface area contributed by atoms with Gasteiger partial charge < -0.3 is 19.3 Å². The summed E-state index contributed by atoms with van der Waals surface area (Å²) in [6.07, 6.45) is 0. The lowest BCUT2D eigenvalue weighted by molar-refractivity contribution is -0.139. The minimum Gasteiger partial charge on any atom is -0.482 e. The number of morpholine rings is 2. The number of carbonyl (C=O) groups is 1. The van der Waals surface area contributed by atoms with E-state index in [0.717, 1.165) is 92.2 Å². The van der Waals surface area contributed by atoms with E-state index in [1.807, 2.05) is 25.1 Å². The highest BCUT2D eigenvalue weighted by Crippen LogP contribution is 2.32. The van der Waals surface area contributed by atoms with Gasteiger partial charge in [-0.25, -0.2) is 4.79 Å². The van der Waals surface area contributed by atoms with Crippen molar-refractivity contribution in [3.8, 4) is 29.4 Å². The molecule has 0 radical (unpaired) electrons. The van der Waals surface area contributed by atoms with Gasteiger partial charge in [-0.3, -0.25) is 9.80 Å². The molecule has 0 spiro atoms. The van der Waals surface area contributed by atoms with Gasteiger partial charge in [0.25, 0.3) is 0 Å². The molecule has 37 heavy (non-hydrogen) atoms. The number of aliphatic carboxylic acids is 1. The van der Waals surface area contributed by atoms with E-state index < -0.39 is 5.97 Å². The number of carboxylic acid groups (broad SMARTS) is 1. The van der Waals surface area contributed by atoms with Crippen LogP contribution in [0.2, 0.25) is 0 Å². The van der Waals surface area contributed by atoms with Crippen LogP contribution in [0, 0.1) is 30.6 Å². The Bertz CT molecular complexity index is 1140. The standard InChI is InChI=1S/C29H32N2O5S/c1-23-18-26(6-7-28(23)36-22-29(32)33)37-27-20-24(4-2-8-30-10-14-34-15-11-30)19-25(21-27)5-3-9-31-12-16-35-17-13-31/h6-7,18-21H,8-17,22H2,1H3,(H,32,33). The molecule has 0 amide bonds. The molecule has 2 heterocycles. The quantitative estimate of drug-likeness (QED) is 0.559. The summed E-state index contributed by atoms with van der Waals surface area (Å²) < 4.78 is 16.2. The number of benzene rings is 2. The average Bonchev–Trinajstić information content (AvgIpc) is 2.89. The second-order valence-electron chi connectivity index (χ2n) is 8.84. The fourth-order valence-corrected chi connectivity index (χ4v) is 4.97. The van der Waals surface area contributed by atoms with Gasteiger partial charge in [0, 0.05) is 47.1 Å². The Labute approximate surface area is 223 Å². The molecule has 7 nitrogen and oxygen atoms in total. The molecule has 2 aromatic carbocycles. The molecule has 2 saturated heterocycles. The molecule has 0 bridgehead atoms. The molecular weight excluding hydrogens is 488 g/mol. The molecule has 0 aromatic heterocycles. The first-order valence-electron chi connectivity index (χ1n) is 12.4. The Hall–Kier alpha value is -2.98. The highest BCUT2D eigenvalue weighted by atomic mass is 32.2. The molecule has 0 aliphatic carbocycles. The number of aryl methyl sites for hydroxylation is 1. The van der Waals surface area contributed by atoms with Crippen LogP contribution in [0.3, 0.4) is 0 Å². The van der Waals surface area contributed by atoms with E-state index in [0.29, 0.717) is 5.75 Å². The van der Waals surface area contributed by atoms with Crippen molar-refractivity contribution < 1.29 is 24.1 Å². The molecule has 1 N–H and O–H groups in total. The van der Waals surface area contributed by atoms with E-state index in [-0.39, 0.29) is 6.61 Å². The minimum atomic E-state index is -0.994. The normalized spacial score (nSPS) is 16.2. The number of hydrogen-bond donors (Lipinski definition) is 1. The monoisotopic (exact) mass is 520 g/mol. The Kier molecular flexibility index (Phi) is 10.3. The van der Waals surface area contributed by atoms with Crippen LogP contribution in [-0.4, -0.2) is 93.2 Å². The second kappa shape index (κ2) is 14.1. The van der Waals surface area contributed by atoms with Crippen LogP contribution in [0.25, 0.3) is 0 Å². The zero-order chi connectivity index (χ0) is 25.9. The van der Waals surface area contributed by atoms with E-state index in [9.17, 15) is 4.79 Å². The van der Waals surface area contributed by atoms with Crippen molar-refractivity contribution in [3.05, 3.63) is 53.1 Å². The fraction of sp³-hybridized carbons (Fsp3) is 0.414. The van der Waals surface area contributed by atoms with Gasteiger partial charge in [0.2, 0.25) is 0 Å². The maximum atomic E-state index is 10.8. The van der Waals surface area contributed by atoms with Crippen LogP contribution in [0.15, 0.2) is 46.2 Å². The van der Waals surface area contributed by atoms with Gasteiger partial charge in [0.05, 0.1) is 39.5 Å². The number of hydrogen-bond acceptors (Lipinski definition) is 7. The Morgan fingerprint density at radius 3 is 1.97 bits per heavy atom. The maximum absolute atomic E-state index is 10.8. The van der Waals surface area contributed by atoms with Gasteiger partial charge in [-0.15, -0.1) is 0 Å². The minimum absolute atomic E-state index is 0.356. The largest absolute Gasteiger partial charge is 0.482 e. The third-order valence-corrected chi connectivity index (χ3v) is 6.88. The first-order valence-corrected chi connectivity index (χ1v) is 13.2. The van der Waals surface area contributed by atoms with Crippen molar-refractivity contribution in [2.24, 2.45) is 0 Å². The summed E-state index contributed by atoms with van der Waals surface area (Å²) in [6, 6.07) is 12.0. The van der Waals surface area contributed by atoms with Crippen LogP contribution in [0.4, 0.5) is 0 Å². The van der Waals surface area contributed by atoms with Gasteiger partial charge in [-0.05, 0) is 48.9 Å². The van der Waals surface area contributed by atoms with Crippen molar-refractivity contribution in [1.82, 2.24) is 9.80 Å². The molecule has 0 unspecified atom stereocenters. The third-order valence-electron chi connectivity index (χ3n) is 5.92. The van der Waals surface area contributed by atoms with Gasteiger partial charge >= 0.3 is 5.97 Å². The second-order valence-corrected chi connectivity index (χ2v) is 9.99. The van der Waals surface area contributed by atoms with Crippen molar-refractivity contribution in [2.75, 3.05) is 72.3 Å². The molecule has 2 aliphatic rings. The molecule has 8 heteroatoms. The summed E-state index contributed by atoms with van der Waals surface area (Å²) in [5, 5.41) is 8.87. The molecule has 0 saturated carbocycles. The number of rotatable bonds is 7. The predicted molar refractivity (Wildman–Crippen MR) is 143 cm³/mol. The van der Waals surface area contributed by atoms with Gasteiger partial charge in [-0.1, -0.05) is 35.4 Å². The summed E-state index contributed by atoms with van der Waals surface area (Å²) in [5.74, 6) is 12.9. The molecular formula is C29H32N2O5S. The van der Waals surface area contributed by atoms with Crippen molar-refractivity contribution in [3.63, 3.8) is 0 Å². The zero-order valence-electron chi connectivity index (χ0n) is 21.1. The Morgan fingerprint density at radius 2 is 1.46 bits per heavy atom. The lowest BCUT2D eigenvalue weighted by Gasteiger charge is -2.24. The summed E-state index contributed by atoms with van der Waals surface area (Å²) in [7, 11) is 0. The molecule has 2 aliphatic heterocycles. The van der Waals surface area contributed by atoms with E-state index in [4.69, 9.17) is 19.3 Å². The molecule has 0 atom stereocenters. The Balaban J connectivity index is 1.50. The van der Waals surface area contributed by atoms with Gasteiger partial charge in [-0.2, -0.15) is 0 Å². The lowest BCUT2D eigenvalue weighted by atomic mass is 10.1. The number of carboxylic acids is 1. The molecule has 194 valence electrons. The Morgan fingerprint density at radius 1 is 0.892 bits per heavy atom. The first kappa shape index (κ1) is 27.1. The maximum Gasteiger partial charge on any atom is 0.341 e. The molecule has 4 rings (SSSR count). The highest BCUT2D eigenvalue weighted by molar-refractivity contribution is 7.99. The van der Waals surface area contributed by atoms with Crippen LogP contribution in [0.1, 0.15) is 16.7 Å². The predicted octanol–water partition coefficient (Wildman–Crippen LogP) is 2.98. The fourth-order valence-electron chi connectivity index (χ4n) is 3.95. The zero-order valence-corrected chi connectivity index (χ0v) is 21.9. The summed E-state index contributed by atoms with van der Waals surface area (Å²) in [6.45, 7) is 9.68. The van der Waals surface area contributed by atoms with Gasteiger partial charge in [0.1, 0.15) is 5.75 Å². The van der Waals surface area contributed by atoms with E-state index in [1.165, 1.54) is 0 Å². The topological polar surface area (TPSA) is 71.5 Å². The van der Waals surface area contributed by atoms with E-state index in [1.54, 1.807) is 11.8 Å². The lowest BCUT2D eigenvalue weighted by Crippen LogP contribution is -2.36. The number of nitrogens with zero attached hydrogens (tertiary/aromatic N) is 2. The van der Waals surface area contributed by atoms with Crippen LogP contribution < -0.4 is 4.74 Å². The van der Waals surface area contributed by atoms with Crippen molar-refractivity contribution >= 4 is 17.7 Å². The SMILES string of the molecule is Cc1cc(Sc2cc(C#CCN3CCOCC3)cc(C#CCN3CCOCC3)c2)ccc1OCC(=O)O. The number of ether oxygens (including phenoxy) is 3. The summed E-state index contributed by atoms with van der Waals surface area (Å²) >= 11 is 1.62. The molecule has 2 fully saturated rings. The summed E-state index contributed by atoms with van der Waals surface area (Å²) in [5.41, 5.74) is 2.76. The van der Waals surface area contributed by atoms with Crippen LogP contribution in [-0.2, 0) is 14.3 Å². The van der Waals surface area contributed by atoms with Crippen molar-refractivity contribution in [2.45, 2.75) is 16.7 Å². The van der Waals surface area contributed by atoms with Gasteiger partial charge in [0.15, 0.2) is 6.61 Å². The third kappa shape index (κ3) is 9.12. The van der Waals surface area contributed by atoms with E-state index >= 15 is 0 Å².